The number of benzene rings is 3. The van der Waals surface area contributed by atoms with Crippen molar-refractivity contribution < 1.29 is 20.1 Å². The van der Waals surface area contributed by atoms with Crippen LogP contribution in [0.1, 0.15) is 11.1 Å². The van der Waals surface area contributed by atoms with Crippen LogP contribution in [0.4, 0.5) is 0 Å². The van der Waals surface area contributed by atoms with Gasteiger partial charge < -0.3 is 0 Å². The van der Waals surface area contributed by atoms with E-state index in [1.165, 1.54) is 36.7 Å². The molecule has 0 saturated heterocycles. The molecule has 0 fully saturated rings. The van der Waals surface area contributed by atoms with Gasteiger partial charge in [0.25, 0.3) is 0 Å². The van der Waals surface area contributed by atoms with Crippen molar-refractivity contribution in [2.75, 3.05) is 0 Å². The molecule has 0 N–H and O–H groups in total. The maximum absolute atomic E-state index is 4.91. The number of rotatable bonds is 1. The molecule has 0 spiro atoms. The first-order chi connectivity index (χ1) is 12.4. The molecule has 26 heavy (non-hydrogen) atoms. The van der Waals surface area contributed by atoms with E-state index < -0.39 is 0 Å². The molecule has 0 saturated carbocycles. The standard InChI is InChI=1S/C23H12NS.Ir/c1-2-7-21-17(5-1)18-12-15(10-11-22(18)25-21)20-13-16-9-8-14-4-3-6-19(24-20)23(14)16;/h1-9,11-13H;/q-1;. The van der Waals surface area contributed by atoms with Crippen LogP contribution >= 0.6 is 11.3 Å². The topological polar surface area (TPSA) is 12.9 Å². The SMILES string of the molecule is [Ir].[c-]1cc2sc3ccccc3c2cc1-c1cc2c3c(cccc3n1)C=C2. The first kappa shape index (κ1) is 15.9. The summed E-state index contributed by atoms with van der Waals surface area (Å²) in [6.45, 7) is 0. The molecule has 0 amide bonds. The first-order valence-corrected chi connectivity index (χ1v) is 9.14. The molecule has 2 aromatic heterocycles. The summed E-state index contributed by atoms with van der Waals surface area (Å²) < 4.78 is 2.60. The van der Waals surface area contributed by atoms with E-state index >= 15 is 0 Å². The Kier molecular flexibility index (Phi) is 3.58. The van der Waals surface area contributed by atoms with Crippen molar-refractivity contribution in [3.63, 3.8) is 0 Å². The molecule has 1 aliphatic rings. The summed E-state index contributed by atoms with van der Waals surface area (Å²) in [5, 5.41) is 3.86. The average Bonchev–Trinajstić information content (AvgIpc) is 3.24. The maximum Gasteiger partial charge on any atom is 0.0607 e. The molecule has 1 nitrogen and oxygen atoms in total. The summed E-state index contributed by atoms with van der Waals surface area (Å²) in [7, 11) is 0. The molecule has 0 atom stereocenters. The predicted octanol–water partition coefficient (Wildman–Crippen LogP) is 6.55. The number of pyridine rings is 1. The van der Waals surface area contributed by atoms with Crippen LogP contribution < -0.4 is 0 Å². The van der Waals surface area contributed by atoms with Crippen molar-refractivity contribution in [3.8, 4) is 11.3 Å². The zero-order valence-electron chi connectivity index (χ0n) is 13.6. The van der Waals surface area contributed by atoms with Gasteiger partial charge in [0.05, 0.1) is 5.52 Å². The van der Waals surface area contributed by atoms with Gasteiger partial charge in [-0.1, -0.05) is 53.9 Å². The normalized spacial score (nSPS) is 12.2. The Labute approximate surface area is 168 Å². The summed E-state index contributed by atoms with van der Waals surface area (Å²) >= 11 is 1.82. The van der Waals surface area contributed by atoms with Gasteiger partial charge in [0.2, 0.25) is 0 Å². The molecule has 1 radical (unpaired) electrons. The smallest absolute Gasteiger partial charge is 0.0607 e. The van der Waals surface area contributed by atoms with Crippen molar-refractivity contribution in [1.29, 1.82) is 0 Å². The summed E-state index contributed by atoms with van der Waals surface area (Å²) in [5.74, 6) is 0. The fourth-order valence-corrected chi connectivity index (χ4v) is 4.82. The van der Waals surface area contributed by atoms with Crippen LogP contribution in [0.5, 0.6) is 0 Å². The summed E-state index contributed by atoms with van der Waals surface area (Å²) in [6, 6.07) is 24.9. The number of hydrogen-bond donors (Lipinski definition) is 0. The molecule has 1 aliphatic carbocycles. The fraction of sp³-hybridized carbons (Fsp3) is 0. The number of fused-ring (bicyclic) bond motifs is 3. The Morgan fingerprint density at radius 3 is 2.65 bits per heavy atom. The summed E-state index contributed by atoms with van der Waals surface area (Å²) in [4.78, 5) is 4.91. The molecular formula is C23H12IrNS-. The number of aromatic nitrogens is 1. The van der Waals surface area contributed by atoms with E-state index in [0.29, 0.717) is 0 Å². The maximum atomic E-state index is 4.91. The molecule has 6 rings (SSSR count). The predicted molar refractivity (Wildman–Crippen MR) is 108 cm³/mol. The van der Waals surface area contributed by atoms with E-state index in [4.69, 9.17) is 4.98 Å². The molecule has 0 aliphatic heterocycles. The third-order valence-electron chi connectivity index (χ3n) is 4.92. The van der Waals surface area contributed by atoms with E-state index in [0.717, 1.165) is 16.8 Å². The Morgan fingerprint density at radius 1 is 0.808 bits per heavy atom. The number of nitrogens with zero attached hydrogens (tertiary/aromatic N) is 1. The quantitative estimate of drug-likeness (QED) is 0.222. The van der Waals surface area contributed by atoms with Crippen LogP contribution in [-0.4, -0.2) is 4.98 Å². The van der Waals surface area contributed by atoms with Gasteiger partial charge in [-0.15, -0.1) is 23.8 Å². The Balaban J connectivity index is 0.00000150. The second-order valence-corrected chi connectivity index (χ2v) is 7.48. The molecule has 3 heteroatoms. The molecule has 125 valence electrons. The zero-order valence-corrected chi connectivity index (χ0v) is 16.8. The Morgan fingerprint density at radius 2 is 1.69 bits per heavy atom. The van der Waals surface area contributed by atoms with Gasteiger partial charge >= 0.3 is 0 Å². The van der Waals surface area contributed by atoms with Crippen molar-refractivity contribution in [2.24, 2.45) is 0 Å². The Bertz CT molecular complexity index is 1350. The van der Waals surface area contributed by atoms with Crippen molar-refractivity contribution in [1.82, 2.24) is 4.98 Å². The van der Waals surface area contributed by atoms with Gasteiger partial charge in [-0.2, -0.15) is 11.3 Å². The minimum atomic E-state index is 0. The van der Waals surface area contributed by atoms with Crippen LogP contribution in [0.15, 0.2) is 60.7 Å². The zero-order chi connectivity index (χ0) is 16.4. The van der Waals surface area contributed by atoms with Crippen LogP contribution in [0.2, 0.25) is 0 Å². The first-order valence-electron chi connectivity index (χ1n) is 8.32. The van der Waals surface area contributed by atoms with E-state index in [2.05, 4.69) is 78.9 Å². The van der Waals surface area contributed by atoms with Gasteiger partial charge in [0.1, 0.15) is 0 Å². The molecule has 3 aromatic carbocycles. The van der Waals surface area contributed by atoms with Crippen LogP contribution in [0.25, 0.3) is 54.5 Å². The van der Waals surface area contributed by atoms with Gasteiger partial charge in [0, 0.05) is 30.2 Å². The molecule has 5 aromatic rings. The second-order valence-electron chi connectivity index (χ2n) is 6.39. The van der Waals surface area contributed by atoms with E-state index in [9.17, 15) is 0 Å². The van der Waals surface area contributed by atoms with E-state index in [1.807, 2.05) is 11.3 Å². The van der Waals surface area contributed by atoms with Crippen molar-refractivity contribution in [2.45, 2.75) is 0 Å². The van der Waals surface area contributed by atoms with Crippen molar-refractivity contribution >= 4 is 54.6 Å². The number of hydrogen-bond acceptors (Lipinski definition) is 2. The van der Waals surface area contributed by atoms with Crippen LogP contribution in [0.3, 0.4) is 0 Å². The minimum Gasteiger partial charge on any atom is -0.296 e. The van der Waals surface area contributed by atoms with Gasteiger partial charge in [-0.3, -0.25) is 4.98 Å². The largest absolute Gasteiger partial charge is 0.296 e. The monoisotopic (exact) mass is 527 g/mol. The van der Waals surface area contributed by atoms with Gasteiger partial charge in [0.15, 0.2) is 0 Å². The second kappa shape index (κ2) is 5.85. The summed E-state index contributed by atoms with van der Waals surface area (Å²) in [6.07, 6.45) is 4.35. The van der Waals surface area contributed by atoms with E-state index in [1.54, 1.807) is 0 Å². The van der Waals surface area contributed by atoms with Gasteiger partial charge in [-0.25, -0.2) is 0 Å². The molecule has 0 unspecified atom stereocenters. The fourth-order valence-electron chi connectivity index (χ4n) is 3.75. The minimum absolute atomic E-state index is 0. The molecular weight excluding hydrogens is 515 g/mol. The van der Waals surface area contributed by atoms with Crippen molar-refractivity contribution in [3.05, 3.63) is 77.9 Å². The average molecular weight is 527 g/mol. The third-order valence-corrected chi connectivity index (χ3v) is 6.06. The third kappa shape index (κ3) is 2.22. The van der Waals surface area contributed by atoms with Gasteiger partial charge in [-0.05, 0) is 39.0 Å². The molecule has 2 heterocycles. The Hall–Kier alpha value is -2.32. The van der Waals surface area contributed by atoms with Crippen LogP contribution in [0, 0.1) is 6.07 Å². The van der Waals surface area contributed by atoms with E-state index in [-0.39, 0.29) is 20.1 Å². The summed E-state index contributed by atoms with van der Waals surface area (Å²) in [5.41, 5.74) is 5.61. The molecule has 0 bridgehead atoms. The van der Waals surface area contributed by atoms with Crippen LogP contribution in [-0.2, 0) is 20.1 Å². The number of thiophene rings is 1.